The molecule has 6 heteroatoms. The normalized spacial score (nSPS) is 29.8. The van der Waals surface area contributed by atoms with Crippen molar-refractivity contribution in [1.82, 2.24) is 15.1 Å². The third-order valence-corrected chi connectivity index (χ3v) is 6.70. The van der Waals surface area contributed by atoms with Gasteiger partial charge in [0.1, 0.15) is 0 Å². The summed E-state index contributed by atoms with van der Waals surface area (Å²) in [5.74, 6) is 1.60. The zero-order chi connectivity index (χ0) is 19.3. The highest BCUT2D eigenvalue weighted by molar-refractivity contribution is 5.89. The Morgan fingerprint density at radius 1 is 1.21 bits per heavy atom. The molecule has 1 aromatic rings. The molecule has 2 N–H and O–H groups in total. The van der Waals surface area contributed by atoms with Crippen molar-refractivity contribution in [2.45, 2.75) is 38.1 Å². The summed E-state index contributed by atoms with van der Waals surface area (Å²) in [6.45, 7) is 6.86. The van der Waals surface area contributed by atoms with Gasteiger partial charge in [-0.3, -0.25) is 4.90 Å². The number of rotatable bonds is 5. The third kappa shape index (κ3) is 4.65. The number of hydrogen-bond donors (Lipinski definition) is 2. The summed E-state index contributed by atoms with van der Waals surface area (Å²) in [5.41, 5.74) is 1.21. The van der Waals surface area contributed by atoms with E-state index in [1.165, 1.54) is 64.8 Å². The fraction of sp³-hybridized carbons (Fsp3) is 0.636. The molecule has 6 nitrogen and oxygen atoms in total. The highest BCUT2D eigenvalue weighted by atomic mass is 16.2. The average molecular weight is 382 g/mol. The van der Waals surface area contributed by atoms with Crippen LogP contribution in [0.1, 0.15) is 37.7 Å². The van der Waals surface area contributed by atoms with Crippen LogP contribution in [0, 0.1) is 23.2 Å². The van der Waals surface area contributed by atoms with Gasteiger partial charge in [0.25, 0.3) is 0 Å². The largest absolute Gasteiger partial charge is 0.336 e. The molecule has 4 saturated heterocycles. The molecule has 0 spiro atoms. The fourth-order valence-electron chi connectivity index (χ4n) is 5.19. The van der Waals surface area contributed by atoms with E-state index in [4.69, 9.17) is 5.26 Å². The summed E-state index contributed by atoms with van der Waals surface area (Å²) in [6.07, 6.45) is 6.62. The topological polar surface area (TPSA) is 71.4 Å². The molecule has 0 saturated carbocycles. The molecule has 0 aliphatic carbocycles. The molecule has 4 aliphatic rings. The van der Waals surface area contributed by atoms with Crippen LogP contribution in [-0.2, 0) is 0 Å². The van der Waals surface area contributed by atoms with Crippen molar-refractivity contribution in [3.8, 4) is 6.07 Å². The van der Waals surface area contributed by atoms with Crippen molar-refractivity contribution >= 4 is 11.7 Å². The number of amides is 2. The Bertz CT molecular complexity index is 724. The molecule has 2 amide bonds. The Labute approximate surface area is 167 Å². The highest BCUT2D eigenvalue weighted by Crippen LogP contribution is 2.36. The predicted molar refractivity (Wildman–Crippen MR) is 110 cm³/mol. The number of carbonyl (C=O) groups is 1. The van der Waals surface area contributed by atoms with Gasteiger partial charge in [0.15, 0.2) is 0 Å². The van der Waals surface area contributed by atoms with Crippen molar-refractivity contribution in [3.05, 3.63) is 29.8 Å². The van der Waals surface area contributed by atoms with E-state index in [-0.39, 0.29) is 6.03 Å². The van der Waals surface area contributed by atoms with Crippen molar-refractivity contribution in [2.24, 2.45) is 11.8 Å². The second-order valence-corrected chi connectivity index (χ2v) is 8.58. The lowest BCUT2D eigenvalue weighted by Gasteiger charge is -2.51. The quantitative estimate of drug-likeness (QED) is 0.823. The molecule has 5 rings (SSSR count). The SMILES string of the molecule is N#Cc1cccc(NC(=O)NC[C@@H]2C[C@H]3CCN2C[C@@H]3CN2CCCCC2)c1. The summed E-state index contributed by atoms with van der Waals surface area (Å²) >= 11 is 0. The van der Waals surface area contributed by atoms with Gasteiger partial charge >= 0.3 is 6.03 Å². The number of likely N-dealkylation sites (tertiary alicyclic amines) is 1. The van der Waals surface area contributed by atoms with Gasteiger partial charge in [0.05, 0.1) is 11.6 Å². The Kier molecular flexibility index (Phi) is 6.13. The van der Waals surface area contributed by atoms with Gasteiger partial charge in [-0.2, -0.15) is 5.26 Å². The van der Waals surface area contributed by atoms with Crippen LogP contribution in [0.3, 0.4) is 0 Å². The number of anilines is 1. The molecule has 4 aliphatic heterocycles. The molecule has 1 unspecified atom stereocenters. The zero-order valence-electron chi connectivity index (χ0n) is 16.6. The van der Waals surface area contributed by atoms with Crippen molar-refractivity contribution in [2.75, 3.05) is 44.6 Å². The first kappa shape index (κ1) is 19.2. The van der Waals surface area contributed by atoms with Crippen LogP contribution in [-0.4, -0.2) is 61.1 Å². The molecule has 4 atom stereocenters. The lowest BCUT2D eigenvalue weighted by Crippen LogP contribution is -2.58. The molecule has 1 aromatic carbocycles. The van der Waals surface area contributed by atoms with Gasteiger partial charge in [-0.15, -0.1) is 0 Å². The first-order chi connectivity index (χ1) is 13.7. The van der Waals surface area contributed by atoms with Crippen LogP contribution < -0.4 is 10.6 Å². The molecule has 150 valence electrons. The predicted octanol–water partition coefficient (Wildman–Crippen LogP) is 2.88. The van der Waals surface area contributed by atoms with E-state index >= 15 is 0 Å². The van der Waals surface area contributed by atoms with Crippen LogP contribution in [0.4, 0.5) is 10.5 Å². The molecule has 0 aromatic heterocycles. The standard InChI is InChI=1S/C22H31N5O/c23-13-17-5-4-6-20(11-17)25-22(28)24-14-21-12-18-7-10-27(21)16-19(18)15-26-8-2-1-3-9-26/h4-6,11,18-19,21H,1-3,7-10,12,14-16H2,(H2,24,25,28)/t18-,19+,21+/m1/s1. The summed E-state index contributed by atoms with van der Waals surface area (Å²) in [4.78, 5) is 17.5. The van der Waals surface area contributed by atoms with Gasteiger partial charge in [-0.1, -0.05) is 12.5 Å². The summed E-state index contributed by atoms with van der Waals surface area (Å²) in [7, 11) is 0. The van der Waals surface area contributed by atoms with E-state index in [9.17, 15) is 4.79 Å². The molecular weight excluding hydrogens is 350 g/mol. The first-order valence-corrected chi connectivity index (χ1v) is 10.7. The van der Waals surface area contributed by atoms with E-state index in [2.05, 4.69) is 26.5 Å². The minimum absolute atomic E-state index is 0.192. The van der Waals surface area contributed by atoms with Gasteiger partial charge in [-0.05, 0) is 75.4 Å². The zero-order valence-corrected chi connectivity index (χ0v) is 16.6. The lowest BCUT2D eigenvalue weighted by atomic mass is 9.75. The van der Waals surface area contributed by atoms with E-state index in [1.54, 1.807) is 24.3 Å². The second-order valence-electron chi connectivity index (χ2n) is 8.58. The molecule has 2 bridgehead atoms. The van der Waals surface area contributed by atoms with E-state index < -0.39 is 0 Å². The highest BCUT2D eigenvalue weighted by Gasteiger charge is 2.40. The average Bonchev–Trinajstić information content (AvgIpc) is 2.74. The van der Waals surface area contributed by atoms with E-state index in [0.29, 0.717) is 23.8 Å². The van der Waals surface area contributed by atoms with Gasteiger partial charge in [-0.25, -0.2) is 4.79 Å². The Morgan fingerprint density at radius 2 is 2.07 bits per heavy atom. The van der Waals surface area contributed by atoms with Crippen LogP contribution in [0.25, 0.3) is 0 Å². The van der Waals surface area contributed by atoms with Gasteiger partial charge in [0.2, 0.25) is 0 Å². The van der Waals surface area contributed by atoms with Crippen molar-refractivity contribution in [1.29, 1.82) is 5.26 Å². The smallest absolute Gasteiger partial charge is 0.319 e. The van der Waals surface area contributed by atoms with Crippen LogP contribution in [0.15, 0.2) is 24.3 Å². The third-order valence-electron chi connectivity index (χ3n) is 6.70. The lowest BCUT2D eigenvalue weighted by molar-refractivity contribution is -0.0128. The maximum Gasteiger partial charge on any atom is 0.319 e. The number of piperidine rings is 4. The number of nitrogens with zero attached hydrogens (tertiary/aromatic N) is 3. The Morgan fingerprint density at radius 3 is 2.82 bits per heavy atom. The summed E-state index contributed by atoms with van der Waals surface area (Å²) in [5, 5.41) is 14.8. The summed E-state index contributed by atoms with van der Waals surface area (Å²) in [6, 6.07) is 9.36. The van der Waals surface area contributed by atoms with Crippen molar-refractivity contribution < 1.29 is 4.79 Å². The number of nitrogens with one attached hydrogen (secondary N) is 2. The number of hydrogen-bond acceptors (Lipinski definition) is 4. The number of benzene rings is 1. The first-order valence-electron chi connectivity index (χ1n) is 10.7. The minimum atomic E-state index is -0.192. The molecule has 4 fully saturated rings. The summed E-state index contributed by atoms with van der Waals surface area (Å²) < 4.78 is 0. The molecular formula is C22H31N5O. The maximum atomic E-state index is 12.3. The molecule has 4 heterocycles. The van der Waals surface area contributed by atoms with Gasteiger partial charge in [0, 0.05) is 31.4 Å². The second kappa shape index (κ2) is 8.93. The Balaban J connectivity index is 1.24. The van der Waals surface area contributed by atoms with Crippen LogP contribution in [0.5, 0.6) is 0 Å². The number of fused-ring (bicyclic) bond motifs is 3. The molecule has 28 heavy (non-hydrogen) atoms. The van der Waals surface area contributed by atoms with Crippen LogP contribution in [0.2, 0.25) is 0 Å². The number of nitriles is 1. The number of urea groups is 1. The maximum absolute atomic E-state index is 12.3. The van der Waals surface area contributed by atoms with E-state index in [1.807, 2.05) is 0 Å². The van der Waals surface area contributed by atoms with Crippen LogP contribution >= 0.6 is 0 Å². The van der Waals surface area contributed by atoms with Gasteiger partial charge < -0.3 is 15.5 Å². The number of carbonyl (C=O) groups excluding carboxylic acids is 1. The van der Waals surface area contributed by atoms with Crippen molar-refractivity contribution in [3.63, 3.8) is 0 Å². The minimum Gasteiger partial charge on any atom is -0.336 e. The fourth-order valence-corrected chi connectivity index (χ4v) is 5.19. The Hall–Kier alpha value is -2.10. The molecule has 0 radical (unpaired) electrons. The monoisotopic (exact) mass is 381 g/mol. The van der Waals surface area contributed by atoms with E-state index in [0.717, 1.165) is 11.8 Å².